The van der Waals surface area contributed by atoms with Crippen molar-refractivity contribution in [1.29, 1.82) is 0 Å². The molecular weight excluding hydrogens is 886 g/mol. The van der Waals surface area contributed by atoms with Crippen LogP contribution < -0.4 is 5.32 Å². The number of likely N-dealkylation sites (N-methyl/N-ethyl adjacent to an activating group) is 1. The van der Waals surface area contributed by atoms with Gasteiger partial charge in [0.2, 0.25) is 0 Å². The normalized spacial score (nSPS) is 11.4. The van der Waals surface area contributed by atoms with Crippen molar-refractivity contribution in [2.24, 2.45) is 0 Å². The van der Waals surface area contributed by atoms with Crippen LogP contribution in [0.25, 0.3) is 0 Å². The quantitative estimate of drug-likeness (QED) is 0.171. The molecule has 0 radical (unpaired) electrons. The molecule has 0 aliphatic carbocycles. The van der Waals surface area contributed by atoms with E-state index in [1.165, 1.54) is 20.8 Å². The van der Waals surface area contributed by atoms with Gasteiger partial charge in [0, 0.05) is 11.6 Å². The SMILES string of the molecule is C.CC(=O)[C@H](O)c1ccccc1.CC(C)=O.CN[C@@H](C)[C@H](O)c1ccccc1.O=Cc1ccccc1.[I][V]([I])[I]. The second kappa shape index (κ2) is 28.4. The standard InChI is InChI=1S/C10H15NO.C9H10O2.C7H6O.C3H6O.CH4.3HI.V/c1-8(11-2)10(12)9-6-4-3-5-7-9;1-7(10)9(11)8-5-3-2-4-6-8;8-6-7-4-2-1-3-5-7;1-3(2)4;;;;;/h3-8,10-12H,1-2H3;2-6,9,11H,1H3;1-6H;1-2H3;1H4;3*1H;/q;;;;;;;;+3/p-3/t8-,10-;9-;;;;;;;/m00......./s1. The van der Waals surface area contributed by atoms with Crippen molar-refractivity contribution in [1.82, 2.24) is 5.32 Å². The molecular formula is C30H41I3NO5V. The third-order valence-corrected chi connectivity index (χ3v) is 4.51. The maximum atomic E-state index is 10.7. The number of carbonyl (C=O) groups is 3. The van der Waals surface area contributed by atoms with Gasteiger partial charge in [-0.3, -0.25) is 9.59 Å². The topological polar surface area (TPSA) is 104 Å². The van der Waals surface area contributed by atoms with Crippen molar-refractivity contribution in [3.63, 3.8) is 0 Å². The Bertz CT molecular complexity index is 1020. The van der Waals surface area contributed by atoms with E-state index < -0.39 is 12.2 Å². The third-order valence-electron chi connectivity index (χ3n) is 4.51. The molecule has 0 aliphatic rings. The second-order valence-corrected chi connectivity index (χ2v) is 43.4. The Labute approximate surface area is 277 Å². The van der Waals surface area contributed by atoms with E-state index in [1.54, 1.807) is 36.4 Å². The Morgan fingerprint density at radius 2 is 1.10 bits per heavy atom. The zero-order chi connectivity index (χ0) is 30.2. The molecule has 0 amide bonds. The number of aliphatic hydroxyl groups excluding tert-OH is 2. The van der Waals surface area contributed by atoms with Crippen molar-refractivity contribution >= 4 is 77.8 Å². The molecule has 6 nitrogen and oxygen atoms in total. The number of rotatable bonds is 6. The second-order valence-electron chi connectivity index (χ2n) is 7.99. The Balaban J connectivity index is -0.000000453. The van der Waals surface area contributed by atoms with Crippen molar-refractivity contribution in [2.45, 2.75) is 53.4 Å². The van der Waals surface area contributed by atoms with E-state index in [-0.39, 0.29) is 30.0 Å². The van der Waals surface area contributed by atoms with Gasteiger partial charge in [-0.2, -0.15) is 0 Å². The van der Waals surface area contributed by atoms with Crippen LogP contribution in [0.2, 0.25) is 0 Å². The molecule has 0 aromatic heterocycles. The summed E-state index contributed by atoms with van der Waals surface area (Å²) in [6.45, 7) is 6.38. The van der Waals surface area contributed by atoms with Crippen molar-refractivity contribution in [3.05, 3.63) is 108 Å². The van der Waals surface area contributed by atoms with E-state index >= 15 is 0 Å². The summed E-state index contributed by atoms with van der Waals surface area (Å²) in [7, 11) is 1.84. The molecule has 0 fully saturated rings. The first-order valence-corrected chi connectivity index (χ1v) is 25.3. The number of halogens is 3. The number of aldehydes is 1. The van der Waals surface area contributed by atoms with Gasteiger partial charge in [0.05, 0.1) is 6.10 Å². The van der Waals surface area contributed by atoms with Gasteiger partial charge in [-0.05, 0) is 45.9 Å². The van der Waals surface area contributed by atoms with E-state index in [4.69, 9.17) is 0 Å². The number of benzene rings is 3. The number of hydrogen-bond acceptors (Lipinski definition) is 6. The number of nitrogens with one attached hydrogen (secondary N) is 1. The number of hydrogen-bond donors (Lipinski definition) is 3. The first-order valence-electron chi connectivity index (χ1n) is 11.8. The average molecular weight is 927 g/mol. The molecule has 0 saturated carbocycles. The van der Waals surface area contributed by atoms with Gasteiger partial charge in [-0.1, -0.05) is 98.4 Å². The summed E-state index contributed by atoms with van der Waals surface area (Å²) in [6.07, 6.45) is -0.549. The van der Waals surface area contributed by atoms with Crippen LogP contribution in [-0.2, 0) is 14.5 Å². The monoisotopic (exact) mass is 927 g/mol. The summed E-state index contributed by atoms with van der Waals surface area (Å²) in [5, 5.41) is 22.0. The summed E-state index contributed by atoms with van der Waals surface area (Å²) in [5.74, 6) is -0.0591. The number of ketones is 2. The van der Waals surface area contributed by atoms with Crippen molar-refractivity contribution in [3.8, 4) is 0 Å². The van der Waals surface area contributed by atoms with Crippen LogP contribution in [0, 0.1) is 0 Å². The molecule has 3 atom stereocenters. The minimum absolute atomic E-state index is 0. The Hall–Kier alpha value is -0.676. The van der Waals surface area contributed by atoms with Crippen LogP contribution in [0.3, 0.4) is 0 Å². The molecule has 0 spiro atoms. The molecule has 40 heavy (non-hydrogen) atoms. The van der Waals surface area contributed by atoms with Gasteiger partial charge >= 0.3 is 64.9 Å². The fourth-order valence-corrected chi connectivity index (χ4v) is 2.50. The molecule has 3 aromatic rings. The van der Waals surface area contributed by atoms with E-state index in [0.29, 0.717) is 5.56 Å². The summed E-state index contributed by atoms with van der Waals surface area (Å²) in [4.78, 5) is 29.9. The molecule has 3 N–H and O–H groups in total. The fraction of sp³-hybridized carbons (Fsp3) is 0.300. The summed E-state index contributed by atoms with van der Waals surface area (Å²) in [6, 6.07) is 27.7. The molecule has 0 aliphatic heterocycles. The Morgan fingerprint density at radius 1 is 0.775 bits per heavy atom. The van der Waals surface area contributed by atoms with Gasteiger partial charge in [-0.15, -0.1) is 0 Å². The molecule has 0 heterocycles. The van der Waals surface area contributed by atoms with Crippen LogP contribution in [0.4, 0.5) is 0 Å². The van der Waals surface area contributed by atoms with Crippen LogP contribution in [0.1, 0.15) is 68.8 Å². The van der Waals surface area contributed by atoms with E-state index in [0.717, 1.165) is 17.4 Å². The van der Waals surface area contributed by atoms with Crippen LogP contribution in [0.5, 0.6) is 0 Å². The number of carbonyl (C=O) groups excluding carboxylic acids is 3. The molecule has 0 bridgehead atoms. The van der Waals surface area contributed by atoms with Gasteiger partial charge in [-0.25, -0.2) is 0 Å². The summed E-state index contributed by atoms with van der Waals surface area (Å²) < 4.78 is 0. The summed E-state index contributed by atoms with van der Waals surface area (Å²) >= 11 is 7.39. The number of aliphatic hydroxyl groups is 2. The Morgan fingerprint density at radius 3 is 1.38 bits per heavy atom. The first kappa shape index (κ1) is 43.8. The van der Waals surface area contributed by atoms with Gasteiger partial charge < -0.3 is 20.3 Å². The predicted molar refractivity (Wildman–Crippen MR) is 189 cm³/mol. The fourth-order valence-electron chi connectivity index (χ4n) is 2.50. The zero-order valence-corrected chi connectivity index (χ0v) is 30.5. The third kappa shape index (κ3) is 26.2. The first-order chi connectivity index (χ1) is 18.4. The van der Waals surface area contributed by atoms with Gasteiger partial charge in [0.15, 0.2) is 5.78 Å². The van der Waals surface area contributed by atoms with Crippen LogP contribution in [-0.4, -0.2) is 41.2 Å². The molecule has 10 heteroatoms. The van der Waals surface area contributed by atoms with E-state index in [2.05, 4.69) is 65.3 Å². The summed E-state index contributed by atoms with van der Waals surface area (Å²) in [5.41, 5.74) is 2.34. The predicted octanol–water partition coefficient (Wildman–Crippen LogP) is 8.02. The molecule has 3 aromatic carbocycles. The minimum atomic E-state index is -0.962. The van der Waals surface area contributed by atoms with E-state index in [9.17, 15) is 24.6 Å². The molecule has 0 saturated heterocycles. The molecule has 222 valence electrons. The molecule has 3 rings (SSSR count). The zero-order valence-electron chi connectivity index (χ0n) is 22.7. The average Bonchev–Trinajstić information content (AvgIpc) is 2.93. The number of Topliss-reactive ketones (excluding diaryl/α,β-unsaturated/α-hetero) is 2. The van der Waals surface area contributed by atoms with E-state index in [1.807, 2.05) is 68.6 Å². The van der Waals surface area contributed by atoms with Crippen LogP contribution in [0.15, 0.2) is 91.0 Å². The molecule has 0 unspecified atom stereocenters. The van der Waals surface area contributed by atoms with Gasteiger partial charge in [0.25, 0.3) is 0 Å². The maximum absolute atomic E-state index is 10.7. The van der Waals surface area contributed by atoms with Crippen molar-refractivity contribution < 1.29 is 29.5 Å². The Kier molecular flexibility index (Phi) is 31.1. The van der Waals surface area contributed by atoms with Gasteiger partial charge in [0.1, 0.15) is 18.2 Å². The van der Waals surface area contributed by atoms with Crippen molar-refractivity contribution in [2.75, 3.05) is 7.05 Å². The van der Waals surface area contributed by atoms with Crippen LogP contribution >= 0.6 is 59.9 Å².